The van der Waals surface area contributed by atoms with Crippen molar-refractivity contribution in [2.75, 3.05) is 6.54 Å². The van der Waals surface area contributed by atoms with Gasteiger partial charge in [0.25, 0.3) is 0 Å². The summed E-state index contributed by atoms with van der Waals surface area (Å²) in [4.78, 5) is 58.0. The Balaban J connectivity index is 1.83. The third-order valence-corrected chi connectivity index (χ3v) is 8.18. The number of guanidine groups is 1. The lowest BCUT2D eigenvalue weighted by molar-refractivity contribution is -0.144. The van der Waals surface area contributed by atoms with Gasteiger partial charge in [-0.1, -0.05) is 31.9 Å². The molecule has 0 aromatic heterocycles. The molecule has 2 fully saturated rings. The summed E-state index contributed by atoms with van der Waals surface area (Å²) >= 11 is 0. The minimum atomic E-state index is -0.946. The maximum Gasteiger partial charge on any atom is 0.246 e. The van der Waals surface area contributed by atoms with Crippen LogP contribution in [0.2, 0.25) is 0 Å². The van der Waals surface area contributed by atoms with Crippen LogP contribution in [-0.2, 0) is 25.6 Å². The van der Waals surface area contributed by atoms with E-state index in [2.05, 4.69) is 15.6 Å². The van der Waals surface area contributed by atoms with Gasteiger partial charge >= 0.3 is 0 Å². The number of carbonyl (C=O) groups is 4. The van der Waals surface area contributed by atoms with E-state index in [9.17, 15) is 29.4 Å². The van der Waals surface area contributed by atoms with E-state index in [1.807, 2.05) is 6.92 Å². The summed E-state index contributed by atoms with van der Waals surface area (Å²) in [6, 6.07) is 3.49. The molecule has 3 amide bonds. The van der Waals surface area contributed by atoms with Gasteiger partial charge in [0.2, 0.25) is 17.7 Å². The number of hydrogen-bond donors (Lipinski definition) is 6. The summed E-state index contributed by atoms with van der Waals surface area (Å²) in [6.45, 7) is 2.36. The van der Waals surface area contributed by atoms with Crippen LogP contribution in [0.15, 0.2) is 29.3 Å². The van der Waals surface area contributed by atoms with Gasteiger partial charge in [-0.3, -0.25) is 19.4 Å². The fraction of sp³-hybridized carbons (Fsp3) is 0.633. The number of aliphatic hydroxyl groups is 1. The van der Waals surface area contributed by atoms with Crippen LogP contribution in [0.1, 0.15) is 76.7 Å². The van der Waals surface area contributed by atoms with Gasteiger partial charge in [0.05, 0.1) is 12.1 Å². The molecule has 1 saturated heterocycles. The number of aliphatic hydroxyl groups excluding tert-OH is 1. The highest BCUT2D eigenvalue weighted by Crippen LogP contribution is 2.40. The highest BCUT2D eigenvalue weighted by Gasteiger charge is 2.50. The second-order valence-electron chi connectivity index (χ2n) is 11.4. The third kappa shape index (κ3) is 9.43. The number of nitrogens with one attached hydrogen (secondary N) is 2. The van der Waals surface area contributed by atoms with Crippen LogP contribution >= 0.6 is 0 Å². The van der Waals surface area contributed by atoms with Crippen LogP contribution in [0.3, 0.4) is 0 Å². The van der Waals surface area contributed by atoms with E-state index in [0.29, 0.717) is 57.8 Å². The van der Waals surface area contributed by atoms with Gasteiger partial charge in [-0.15, -0.1) is 0 Å². The third-order valence-electron chi connectivity index (χ3n) is 8.18. The van der Waals surface area contributed by atoms with Crippen LogP contribution in [0.4, 0.5) is 0 Å². The van der Waals surface area contributed by atoms with Crippen LogP contribution in [0, 0.1) is 5.92 Å². The SMILES string of the molecule is CCCCCC(=O)NC(Cc1ccc(O)cc1)C(=O)N1C(C(=O)NC(C=O)CCCN=C(N)N)CC2CCC(O)CC21. The summed E-state index contributed by atoms with van der Waals surface area (Å²) < 4.78 is 0. The van der Waals surface area contributed by atoms with Crippen molar-refractivity contribution in [2.24, 2.45) is 22.4 Å². The molecule has 3 rings (SSSR count). The number of aromatic hydroxyl groups is 1. The lowest BCUT2D eigenvalue weighted by Gasteiger charge is -2.37. The molecular weight excluding hydrogens is 540 g/mol. The van der Waals surface area contributed by atoms with Crippen molar-refractivity contribution in [1.82, 2.24) is 15.5 Å². The summed E-state index contributed by atoms with van der Waals surface area (Å²) in [5, 5.41) is 25.9. The molecule has 1 heterocycles. The number of aliphatic imine (C=N–C) groups is 1. The molecule has 0 bridgehead atoms. The maximum atomic E-state index is 14.3. The molecule has 12 nitrogen and oxygen atoms in total. The zero-order valence-electron chi connectivity index (χ0n) is 24.4. The monoisotopic (exact) mass is 586 g/mol. The number of amides is 3. The highest BCUT2D eigenvalue weighted by molar-refractivity contribution is 5.94. The van der Waals surface area contributed by atoms with Crippen molar-refractivity contribution < 1.29 is 29.4 Å². The van der Waals surface area contributed by atoms with Gasteiger partial charge in [-0.05, 0) is 68.6 Å². The quantitative estimate of drug-likeness (QED) is 0.0752. The molecular formula is C30H46N6O6. The van der Waals surface area contributed by atoms with Crippen molar-refractivity contribution in [3.05, 3.63) is 29.8 Å². The van der Waals surface area contributed by atoms with Gasteiger partial charge in [-0.2, -0.15) is 0 Å². The van der Waals surface area contributed by atoms with Gasteiger partial charge < -0.3 is 42.0 Å². The normalized spacial score (nSPS) is 22.9. The number of phenolic OH excluding ortho intramolecular Hbond substituents is 1. The zero-order valence-corrected chi connectivity index (χ0v) is 24.4. The molecule has 6 atom stereocenters. The number of nitrogens with zero attached hydrogens (tertiary/aromatic N) is 2. The molecule has 8 N–H and O–H groups in total. The molecule has 1 aromatic carbocycles. The van der Waals surface area contributed by atoms with E-state index in [-0.39, 0.29) is 42.4 Å². The lowest BCUT2D eigenvalue weighted by atomic mass is 9.83. The van der Waals surface area contributed by atoms with Gasteiger partial charge in [0.1, 0.15) is 24.1 Å². The van der Waals surface area contributed by atoms with E-state index in [1.165, 1.54) is 12.1 Å². The van der Waals surface area contributed by atoms with Crippen LogP contribution in [-0.4, -0.2) is 81.9 Å². The van der Waals surface area contributed by atoms with E-state index >= 15 is 0 Å². The van der Waals surface area contributed by atoms with Gasteiger partial charge in [-0.25, -0.2) is 0 Å². The number of rotatable bonds is 15. The smallest absolute Gasteiger partial charge is 0.246 e. The molecule has 2 aliphatic rings. The predicted molar refractivity (Wildman–Crippen MR) is 158 cm³/mol. The van der Waals surface area contributed by atoms with E-state index in [4.69, 9.17) is 11.5 Å². The molecule has 1 aliphatic carbocycles. The Bertz CT molecular complexity index is 1090. The fourth-order valence-electron chi connectivity index (χ4n) is 6.01. The van der Waals surface area contributed by atoms with Gasteiger partial charge in [0.15, 0.2) is 5.96 Å². The number of aldehydes is 1. The van der Waals surface area contributed by atoms with E-state index in [0.717, 1.165) is 18.4 Å². The molecule has 1 aromatic rings. The molecule has 42 heavy (non-hydrogen) atoms. The topological polar surface area (TPSA) is 200 Å². The van der Waals surface area contributed by atoms with Crippen molar-refractivity contribution in [3.8, 4) is 5.75 Å². The Morgan fingerprint density at radius 3 is 2.50 bits per heavy atom. The number of nitrogens with two attached hydrogens (primary N) is 2. The largest absolute Gasteiger partial charge is 0.508 e. The number of unbranched alkanes of at least 4 members (excludes halogenated alkanes) is 2. The molecule has 1 saturated carbocycles. The maximum absolute atomic E-state index is 14.3. The van der Waals surface area contributed by atoms with Crippen molar-refractivity contribution >= 4 is 30.0 Å². The average Bonchev–Trinajstić information content (AvgIpc) is 3.33. The number of phenols is 1. The second kappa shape index (κ2) is 16.1. The number of hydrogen-bond acceptors (Lipinski definition) is 7. The number of benzene rings is 1. The predicted octanol–water partition coefficient (Wildman–Crippen LogP) is 0.868. The minimum Gasteiger partial charge on any atom is -0.508 e. The van der Waals surface area contributed by atoms with Crippen molar-refractivity contribution in [1.29, 1.82) is 0 Å². The first-order chi connectivity index (χ1) is 20.1. The highest BCUT2D eigenvalue weighted by atomic mass is 16.3. The summed E-state index contributed by atoms with van der Waals surface area (Å²) in [7, 11) is 0. The lowest BCUT2D eigenvalue weighted by Crippen LogP contribution is -2.58. The molecule has 6 unspecified atom stereocenters. The molecule has 12 heteroatoms. The number of likely N-dealkylation sites (tertiary alicyclic amines) is 1. The Kier molecular flexibility index (Phi) is 12.6. The Hall–Kier alpha value is -3.67. The fourth-order valence-corrected chi connectivity index (χ4v) is 6.01. The molecule has 0 spiro atoms. The van der Waals surface area contributed by atoms with Crippen molar-refractivity contribution in [2.45, 2.75) is 108 Å². The zero-order chi connectivity index (χ0) is 30.6. The first kappa shape index (κ1) is 32.8. The van der Waals surface area contributed by atoms with E-state index < -0.39 is 36.0 Å². The average molecular weight is 587 g/mol. The Morgan fingerprint density at radius 1 is 1.10 bits per heavy atom. The number of fused-ring (bicyclic) bond motifs is 1. The van der Waals surface area contributed by atoms with Crippen LogP contribution in [0.5, 0.6) is 5.75 Å². The summed E-state index contributed by atoms with van der Waals surface area (Å²) in [5.41, 5.74) is 11.4. The molecule has 232 valence electrons. The van der Waals surface area contributed by atoms with Gasteiger partial charge in [0, 0.05) is 25.4 Å². The first-order valence-electron chi connectivity index (χ1n) is 15.0. The van der Waals surface area contributed by atoms with Crippen LogP contribution < -0.4 is 22.1 Å². The number of carbonyl (C=O) groups excluding carboxylic acids is 4. The summed E-state index contributed by atoms with van der Waals surface area (Å²) in [5.74, 6) is -1.04. The second-order valence-corrected chi connectivity index (χ2v) is 11.4. The summed E-state index contributed by atoms with van der Waals surface area (Å²) in [6.07, 6.45) is 5.87. The van der Waals surface area contributed by atoms with E-state index in [1.54, 1.807) is 17.0 Å². The first-order valence-corrected chi connectivity index (χ1v) is 15.0. The Labute approximate surface area is 247 Å². The minimum absolute atomic E-state index is 0.0132. The standard InChI is InChI=1S/C30H46N6O6/c1-2-3-4-7-27(40)35-24(15-19-8-11-22(38)12-9-19)29(42)36-25-17-23(39)13-10-20(25)16-26(36)28(41)34-21(18-37)6-5-14-33-30(31)32/h8-9,11-12,18,20-21,23-26,38-39H,2-7,10,13-17H2,1H3,(H,34,41)(H,35,40)(H4,31,32,33). The molecule has 0 radical (unpaired) electrons. The molecule has 1 aliphatic heterocycles. The Morgan fingerprint density at radius 2 is 1.83 bits per heavy atom. The van der Waals surface area contributed by atoms with Crippen molar-refractivity contribution in [3.63, 3.8) is 0 Å². The van der Waals surface area contributed by atoms with Crippen LogP contribution in [0.25, 0.3) is 0 Å².